The van der Waals surface area contributed by atoms with Crippen LogP contribution in [0.3, 0.4) is 0 Å². The minimum Gasteiger partial charge on any atom is -0.507 e. The molecule has 0 spiro atoms. The second-order valence-electron chi connectivity index (χ2n) is 3.46. The maximum Gasteiger partial charge on any atom is 0.260 e. The van der Waals surface area contributed by atoms with E-state index in [0.717, 1.165) is 18.2 Å². The summed E-state index contributed by atoms with van der Waals surface area (Å²) in [5.41, 5.74) is -0.119. The first-order valence-electron chi connectivity index (χ1n) is 4.86. The molecule has 17 heavy (non-hydrogen) atoms. The molecule has 5 nitrogen and oxygen atoms in total. The highest BCUT2D eigenvalue weighted by molar-refractivity contribution is 6.05. The van der Waals surface area contributed by atoms with Crippen molar-refractivity contribution in [2.45, 2.75) is 0 Å². The van der Waals surface area contributed by atoms with Crippen LogP contribution in [0.5, 0.6) is 5.75 Å². The van der Waals surface area contributed by atoms with Crippen LogP contribution in [-0.2, 0) is 7.05 Å². The average molecular weight is 235 g/mol. The van der Waals surface area contributed by atoms with Crippen molar-refractivity contribution in [2.24, 2.45) is 7.05 Å². The molecule has 0 radical (unpaired) electrons. The minimum atomic E-state index is -0.592. The number of benzene rings is 1. The van der Waals surface area contributed by atoms with Crippen LogP contribution >= 0.6 is 0 Å². The minimum absolute atomic E-state index is 0.119. The molecule has 0 aliphatic rings. The molecular weight excluding hydrogens is 225 g/mol. The highest BCUT2D eigenvalue weighted by Gasteiger charge is 2.13. The Morgan fingerprint density at radius 2 is 2.24 bits per heavy atom. The Bertz CT molecular complexity index is 566. The largest absolute Gasteiger partial charge is 0.507 e. The summed E-state index contributed by atoms with van der Waals surface area (Å²) in [6, 6.07) is 4.78. The Morgan fingerprint density at radius 1 is 1.47 bits per heavy atom. The molecular formula is C11H10FN3O2. The van der Waals surface area contributed by atoms with Crippen LogP contribution in [0, 0.1) is 5.82 Å². The second-order valence-corrected chi connectivity index (χ2v) is 3.46. The number of carbonyl (C=O) groups is 1. The van der Waals surface area contributed by atoms with Gasteiger partial charge in [0.1, 0.15) is 17.4 Å². The maximum atomic E-state index is 13.0. The van der Waals surface area contributed by atoms with Crippen molar-refractivity contribution in [2.75, 3.05) is 5.32 Å². The summed E-state index contributed by atoms with van der Waals surface area (Å²) in [6.07, 6.45) is 1.51. The van der Waals surface area contributed by atoms with Gasteiger partial charge in [-0.05, 0) is 18.2 Å². The number of hydrogen-bond acceptors (Lipinski definition) is 3. The first-order valence-corrected chi connectivity index (χ1v) is 4.86. The summed E-state index contributed by atoms with van der Waals surface area (Å²) in [4.78, 5) is 11.8. The van der Waals surface area contributed by atoms with Gasteiger partial charge in [0.05, 0.1) is 11.8 Å². The van der Waals surface area contributed by atoms with Gasteiger partial charge in [-0.3, -0.25) is 9.48 Å². The second kappa shape index (κ2) is 4.25. The number of rotatable bonds is 2. The number of aromatic nitrogens is 2. The zero-order valence-electron chi connectivity index (χ0n) is 9.01. The molecule has 2 aromatic rings. The van der Waals surface area contributed by atoms with E-state index in [1.54, 1.807) is 13.1 Å². The third-order valence-electron chi connectivity index (χ3n) is 2.27. The highest BCUT2D eigenvalue weighted by atomic mass is 19.1. The molecule has 1 aromatic carbocycles. The van der Waals surface area contributed by atoms with Crippen LogP contribution in [0.4, 0.5) is 10.2 Å². The molecule has 0 bridgehead atoms. The van der Waals surface area contributed by atoms with Gasteiger partial charge >= 0.3 is 0 Å². The van der Waals surface area contributed by atoms with Gasteiger partial charge in [-0.15, -0.1) is 0 Å². The number of phenolic OH excluding ortho intramolecular Hbond substituents is 1. The summed E-state index contributed by atoms with van der Waals surface area (Å²) in [5.74, 6) is -0.992. The Morgan fingerprint density at radius 3 is 2.88 bits per heavy atom. The number of anilines is 1. The summed E-state index contributed by atoms with van der Waals surface area (Å²) in [7, 11) is 1.65. The van der Waals surface area contributed by atoms with E-state index in [0.29, 0.717) is 5.82 Å². The van der Waals surface area contributed by atoms with E-state index < -0.39 is 11.7 Å². The summed E-state index contributed by atoms with van der Waals surface area (Å²) >= 11 is 0. The van der Waals surface area contributed by atoms with Crippen molar-refractivity contribution in [1.29, 1.82) is 0 Å². The molecule has 1 amide bonds. The smallest absolute Gasteiger partial charge is 0.260 e. The van der Waals surface area contributed by atoms with Crippen molar-refractivity contribution in [3.05, 3.63) is 41.8 Å². The van der Waals surface area contributed by atoms with Crippen molar-refractivity contribution < 1.29 is 14.3 Å². The lowest BCUT2D eigenvalue weighted by atomic mass is 10.2. The Kier molecular flexibility index (Phi) is 2.78. The molecule has 2 N–H and O–H groups in total. The fourth-order valence-electron chi connectivity index (χ4n) is 1.37. The molecule has 88 valence electrons. The Hall–Kier alpha value is -2.37. The number of aromatic hydroxyl groups is 1. The van der Waals surface area contributed by atoms with Gasteiger partial charge in [-0.1, -0.05) is 0 Å². The van der Waals surface area contributed by atoms with Crippen molar-refractivity contribution in [3.63, 3.8) is 0 Å². The number of amides is 1. The molecule has 0 aliphatic heterocycles. The van der Waals surface area contributed by atoms with Crippen molar-refractivity contribution in [3.8, 4) is 5.75 Å². The molecule has 1 heterocycles. The van der Waals surface area contributed by atoms with E-state index in [9.17, 15) is 14.3 Å². The number of hydrogen-bond donors (Lipinski definition) is 2. The monoisotopic (exact) mass is 235 g/mol. The predicted octanol–water partition coefficient (Wildman–Crippen LogP) is 1.52. The van der Waals surface area contributed by atoms with Gasteiger partial charge in [-0.2, -0.15) is 5.10 Å². The van der Waals surface area contributed by atoms with Gasteiger partial charge in [0.2, 0.25) is 0 Å². The van der Waals surface area contributed by atoms with E-state index in [2.05, 4.69) is 10.4 Å². The van der Waals surface area contributed by atoms with Crippen molar-refractivity contribution >= 4 is 11.7 Å². The van der Waals surface area contributed by atoms with Gasteiger partial charge in [0.25, 0.3) is 5.91 Å². The van der Waals surface area contributed by atoms with E-state index in [4.69, 9.17) is 0 Å². The third-order valence-corrected chi connectivity index (χ3v) is 2.27. The standard InChI is InChI=1S/C11H10FN3O2/c1-15-10(4-5-13-15)14-11(17)8-6-7(12)2-3-9(8)16/h2-6,16H,1H3,(H,14,17). The molecule has 0 atom stereocenters. The van der Waals surface area contributed by atoms with Gasteiger partial charge in [-0.25, -0.2) is 4.39 Å². The van der Waals surface area contributed by atoms with Gasteiger partial charge in [0.15, 0.2) is 0 Å². The van der Waals surface area contributed by atoms with E-state index in [1.807, 2.05) is 0 Å². The molecule has 0 saturated heterocycles. The molecule has 0 saturated carbocycles. The maximum absolute atomic E-state index is 13.0. The van der Waals surface area contributed by atoms with E-state index >= 15 is 0 Å². The van der Waals surface area contributed by atoms with Crippen LogP contribution in [0.25, 0.3) is 0 Å². The molecule has 0 aliphatic carbocycles. The highest BCUT2D eigenvalue weighted by Crippen LogP contribution is 2.19. The molecule has 1 aromatic heterocycles. The Labute approximate surface area is 96.5 Å². The van der Waals surface area contributed by atoms with Crippen LogP contribution < -0.4 is 5.32 Å². The summed E-state index contributed by atoms with van der Waals surface area (Å²) < 4.78 is 14.4. The fourth-order valence-corrected chi connectivity index (χ4v) is 1.37. The quantitative estimate of drug-likeness (QED) is 0.829. The molecule has 0 fully saturated rings. The number of nitrogens with zero attached hydrogens (tertiary/aromatic N) is 2. The lowest BCUT2D eigenvalue weighted by molar-refractivity contribution is 0.102. The Balaban J connectivity index is 2.26. The third kappa shape index (κ3) is 2.25. The lowest BCUT2D eigenvalue weighted by Gasteiger charge is -2.06. The first-order chi connectivity index (χ1) is 8.08. The van der Waals surface area contributed by atoms with Crippen molar-refractivity contribution in [1.82, 2.24) is 9.78 Å². The molecule has 0 unspecified atom stereocenters. The zero-order valence-corrected chi connectivity index (χ0v) is 9.01. The van der Waals surface area contributed by atoms with E-state index in [1.165, 1.54) is 10.9 Å². The van der Waals surface area contributed by atoms with Gasteiger partial charge in [0, 0.05) is 13.1 Å². The number of nitrogens with one attached hydrogen (secondary N) is 1. The number of phenols is 1. The normalized spacial score (nSPS) is 10.2. The first kappa shape index (κ1) is 11.1. The fraction of sp³-hybridized carbons (Fsp3) is 0.0909. The van der Waals surface area contributed by atoms with Gasteiger partial charge < -0.3 is 10.4 Å². The number of carbonyl (C=O) groups excluding carboxylic acids is 1. The molecule has 6 heteroatoms. The summed E-state index contributed by atoms with van der Waals surface area (Å²) in [5, 5.41) is 15.8. The van der Waals surface area contributed by atoms with Crippen LogP contribution in [0.2, 0.25) is 0 Å². The predicted molar refractivity (Wildman–Crippen MR) is 59.2 cm³/mol. The topological polar surface area (TPSA) is 67.2 Å². The summed E-state index contributed by atoms with van der Waals surface area (Å²) in [6.45, 7) is 0. The van der Waals surface area contributed by atoms with Crippen LogP contribution in [-0.4, -0.2) is 20.8 Å². The number of aryl methyl sites for hydroxylation is 1. The van der Waals surface area contributed by atoms with Crippen LogP contribution in [0.1, 0.15) is 10.4 Å². The number of halogens is 1. The average Bonchev–Trinajstić information content (AvgIpc) is 2.68. The SMILES string of the molecule is Cn1nccc1NC(=O)c1cc(F)ccc1O. The van der Waals surface area contributed by atoms with E-state index in [-0.39, 0.29) is 11.3 Å². The molecule has 2 rings (SSSR count). The van der Waals surface area contributed by atoms with Crippen LogP contribution in [0.15, 0.2) is 30.5 Å². The lowest BCUT2D eigenvalue weighted by Crippen LogP contribution is -2.14. The zero-order chi connectivity index (χ0) is 12.4.